The summed E-state index contributed by atoms with van der Waals surface area (Å²) < 4.78 is 49.6. The number of benzene rings is 1. The van der Waals surface area contributed by atoms with Gasteiger partial charge in [0.2, 0.25) is 0 Å². The first-order chi connectivity index (χ1) is 7.89. The summed E-state index contributed by atoms with van der Waals surface area (Å²) in [5.74, 6) is 0. The summed E-state index contributed by atoms with van der Waals surface area (Å²) >= 11 is -1.42. The predicted molar refractivity (Wildman–Crippen MR) is 63.8 cm³/mol. The van der Waals surface area contributed by atoms with Crippen molar-refractivity contribution in [2.45, 2.75) is 6.42 Å². The van der Waals surface area contributed by atoms with Crippen LogP contribution in [0.1, 0.15) is 5.56 Å². The van der Waals surface area contributed by atoms with Gasteiger partial charge in [0.25, 0.3) is 0 Å². The number of hydrogen-bond acceptors (Lipinski definition) is 6. The minimum Gasteiger partial charge on any atom is -0.399 e. The predicted octanol–water partition coefficient (Wildman–Crippen LogP) is -0.575. The van der Waals surface area contributed by atoms with E-state index in [0.717, 1.165) is 5.56 Å². The molecule has 0 bridgehead atoms. The molecule has 0 spiro atoms. The Kier molecular flexibility index (Phi) is 7.46. The van der Waals surface area contributed by atoms with E-state index in [1.807, 2.05) is 0 Å². The van der Waals surface area contributed by atoms with Gasteiger partial charge in [-0.3, -0.25) is 4.55 Å². The maximum Gasteiger partial charge on any atom is 0.397 e. The monoisotopic (exact) mass is 283 g/mol. The highest BCUT2D eigenvalue weighted by Crippen LogP contribution is 2.06. The van der Waals surface area contributed by atoms with Gasteiger partial charge in [0.05, 0.1) is 6.61 Å². The van der Waals surface area contributed by atoms with E-state index in [1.165, 1.54) is 0 Å². The Balaban J connectivity index is 0.000000770. The zero-order valence-corrected chi connectivity index (χ0v) is 10.5. The molecule has 0 saturated carbocycles. The Morgan fingerprint density at radius 2 is 1.71 bits per heavy atom. The van der Waals surface area contributed by atoms with Gasteiger partial charge >= 0.3 is 10.4 Å². The molecular weight excluding hydrogens is 270 g/mol. The van der Waals surface area contributed by atoms with Crippen LogP contribution in [0, 0.1) is 0 Å². The topological polar surface area (TPSA) is 124 Å². The van der Waals surface area contributed by atoms with Crippen molar-refractivity contribution in [2.75, 3.05) is 12.3 Å². The van der Waals surface area contributed by atoms with Gasteiger partial charge in [0, 0.05) is 5.69 Å². The molecule has 0 atom stereocenters. The summed E-state index contributed by atoms with van der Waals surface area (Å²) in [7, 11) is -4.33. The number of nitrogens with two attached hydrogens (primary N) is 1. The third-order valence-corrected chi connectivity index (χ3v) is 2.07. The van der Waals surface area contributed by atoms with Gasteiger partial charge in [-0.2, -0.15) is 8.42 Å². The molecule has 0 aliphatic carbocycles. The van der Waals surface area contributed by atoms with E-state index >= 15 is 0 Å². The lowest BCUT2D eigenvalue weighted by Gasteiger charge is -2.01. The third kappa shape index (κ3) is 9.75. The zero-order valence-electron chi connectivity index (χ0n) is 8.70. The van der Waals surface area contributed by atoms with E-state index in [0.29, 0.717) is 12.1 Å². The van der Waals surface area contributed by atoms with Crippen LogP contribution in [-0.4, -0.2) is 28.0 Å². The van der Waals surface area contributed by atoms with Crippen molar-refractivity contribution in [3.63, 3.8) is 0 Å². The van der Waals surface area contributed by atoms with Crippen molar-refractivity contribution in [3.8, 4) is 0 Å². The summed E-state index contributed by atoms with van der Waals surface area (Å²) in [5, 5.41) is 0. The number of rotatable bonds is 4. The van der Waals surface area contributed by atoms with E-state index in [-0.39, 0.29) is 6.61 Å². The van der Waals surface area contributed by atoms with E-state index in [2.05, 4.69) is 4.18 Å². The van der Waals surface area contributed by atoms with Crippen LogP contribution < -0.4 is 5.73 Å². The van der Waals surface area contributed by atoms with Crippen molar-refractivity contribution in [2.24, 2.45) is 0 Å². The van der Waals surface area contributed by atoms with Crippen LogP contribution in [0.2, 0.25) is 0 Å². The second-order valence-electron chi connectivity index (χ2n) is 2.82. The van der Waals surface area contributed by atoms with Crippen LogP contribution in [-0.2, 0) is 32.6 Å². The molecule has 0 heterocycles. The molecule has 1 rings (SSSR count). The fraction of sp³-hybridized carbons (Fsp3) is 0.250. The van der Waals surface area contributed by atoms with Crippen molar-refractivity contribution < 1.29 is 25.6 Å². The van der Waals surface area contributed by atoms with Gasteiger partial charge in [-0.05, 0) is 24.1 Å². The van der Waals surface area contributed by atoms with Gasteiger partial charge in [-0.25, -0.2) is 12.6 Å². The largest absolute Gasteiger partial charge is 0.399 e. The summed E-state index contributed by atoms with van der Waals surface area (Å²) in [6.45, 7) is -0.0806. The quantitative estimate of drug-likeness (QED) is 0.560. The van der Waals surface area contributed by atoms with E-state index in [4.69, 9.17) is 18.7 Å². The molecule has 0 amide bonds. The van der Waals surface area contributed by atoms with Gasteiger partial charge < -0.3 is 5.73 Å². The summed E-state index contributed by atoms with van der Waals surface area (Å²) in [5.41, 5.74) is 6.99. The Morgan fingerprint density at radius 1 is 1.24 bits per heavy atom. The van der Waals surface area contributed by atoms with Crippen molar-refractivity contribution in [1.29, 1.82) is 0 Å². The van der Waals surface area contributed by atoms with Crippen LogP contribution in [0.4, 0.5) is 5.69 Å². The first kappa shape index (κ1) is 15.8. The van der Waals surface area contributed by atoms with Crippen molar-refractivity contribution in [3.05, 3.63) is 29.8 Å². The molecule has 17 heavy (non-hydrogen) atoms. The van der Waals surface area contributed by atoms with E-state index in [1.54, 1.807) is 24.3 Å². The molecule has 0 unspecified atom stereocenters. The second kappa shape index (κ2) is 8.01. The highest BCUT2D eigenvalue weighted by Gasteiger charge is 2.03. The lowest BCUT2D eigenvalue weighted by molar-refractivity contribution is 0.272. The molecule has 3 N–H and O–H groups in total. The molecule has 98 valence electrons. The van der Waals surface area contributed by atoms with Crippen LogP contribution in [0.3, 0.4) is 0 Å². The molecule has 0 aliphatic rings. The lowest BCUT2D eigenvalue weighted by Crippen LogP contribution is -2.06. The minimum atomic E-state index is -4.33. The second-order valence-corrected chi connectivity index (χ2v) is 4.08. The maximum atomic E-state index is 10.2. The molecule has 1 aromatic carbocycles. The van der Waals surface area contributed by atoms with E-state index in [9.17, 15) is 8.42 Å². The number of nitrogen functional groups attached to an aromatic ring is 1. The first-order valence-corrected chi connectivity index (χ1v) is 6.52. The van der Waals surface area contributed by atoms with Crippen molar-refractivity contribution >= 4 is 27.7 Å². The summed E-state index contributed by atoms with van der Waals surface area (Å²) in [6, 6.07) is 6.96. The van der Waals surface area contributed by atoms with Crippen LogP contribution in [0.5, 0.6) is 0 Å². The van der Waals surface area contributed by atoms with Gasteiger partial charge in [0.15, 0.2) is 0 Å². The standard InChI is InChI=1S/C8H11NO4S.H2O2S/c9-8-3-1-7(2-4-8)5-6-13-14(10,11)12;1-3-2/h1-4H,5-6,9H2,(H,10,11,12);3H2. The molecule has 0 fully saturated rings. The SMILES string of the molecule is Nc1ccc(CCOS(=O)(=O)O)cc1.O=[SH2]=O. The van der Waals surface area contributed by atoms with Gasteiger partial charge in [0.1, 0.15) is 11.6 Å². The highest BCUT2D eigenvalue weighted by molar-refractivity contribution is 7.80. The Hall–Kier alpha value is -1.16. The molecule has 9 heteroatoms. The van der Waals surface area contributed by atoms with E-state index < -0.39 is 22.0 Å². The average molecular weight is 283 g/mol. The average Bonchev–Trinajstić information content (AvgIpc) is 2.20. The Labute approximate surface area is 102 Å². The first-order valence-electron chi connectivity index (χ1n) is 4.34. The van der Waals surface area contributed by atoms with Gasteiger partial charge in [-0.1, -0.05) is 12.1 Å². The molecular formula is C8H13NO6S2. The Morgan fingerprint density at radius 3 is 2.12 bits per heavy atom. The molecule has 0 aliphatic heterocycles. The summed E-state index contributed by atoms with van der Waals surface area (Å²) in [4.78, 5) is 0. The Bertz CT molecular complexity index is 463. The van der Waals surface area contributed by atoms with Crippen LogP contribution in [0.25, 0.3) is 0 Å². The van der Waals surface area contributed by atoms with Gasteiger partial charge in [-0.15, -0.1) is 0 Å². The number of anilines is 1. The minimum absolute atomic E-state index is 0.0806. The zero-order chi connectivity index (χ0) is 13.3. The van der Waals surface area contributed by atoms with Crippen LogP contribution in [0.15, 0.2) is 24.3 Å². The molecule has 7 nitrogen and oxygen atoms in total. The normalized spacial score (nSPS) is 10.4. The molecule has 0 saturated heterocycles. The molecule has 0 aromatic heterocycles. The lowest BCUT2D eigenvalue weighted by atomic mass is 10.1. The summed E-state index contributed by atoms with van der Waals surface area (Å²) in [6.07, 6.45) is 0.403. The maximum absolute atomic E-state index is 10.2. The fourth-order valence-corrected chi connectivity index (χ4v) is 1.24. The smallest absolute Gasteiger partial charge is 0.397 e. The third-order valence-electron chi connectivity index (χ3n) is 1.60. The van der Waals surface area contributed by atoms with Crippen LogP contribution >= 0.6 is 0 Å². The number of hydrogen-bond donors (Lipinski definition) is 2. The fourth-order valence-electron chi connectivity index (χ4n) is 0.949. The highest BCUT2D eigenvalue weighted by atomic mass is 32.3. The van der Waals surface area contributed by atoms with Crippen molar-refractivity contribution in [1.82, 2.24) is 0 Å². The molecule has 1 aromatic rings. The molecule has 0 radical (unpaired) electrons.